The van der Waals surface area contributed by atoms with E-state index in [2.05, 4.69) is 46.2 Å². The van der Waals surface area contributed by atoms with Crippen molar-refractivity contribution >= 4 is 8.32 Å². The molecule has 0 radical (unpaired) electrons. The smallest absolute Gasteiger partial charge is 0.192 e. The second-order valence-electron chi connectivity index (χ2n) is 7.08. The Kier molecular flexibility index (Phi) is 5.23. The Morgan fingerprint density at radius 3 is 2.06 bits per heavy atom. The van der Waals surface area contributed by atoms with Gasteiger partial charge in [0.1, 0.15) is 0 Å². The van der Waals surface area contributed by atoms with E-state index in [4.69, 9.17) is 4.43 Å². The number of hydrogen-bond donors (Lipinski definition) is 1. The molecule has 0 aromatic rings. The van der Waals surface area contributed by atoms with Crippen molar-refractivity contribution in [2.75, 3.05) is 13.6 Å². The summed E-state index contributed by atoms with van der Waals surface area (Å²) >= 11 is 0. The molecule has 1 fully saturated rings. The molecule has 1 N–H and O–H groups in total. The van der Waals surface area contributed by atoms with Gasteiger partial charge in [-0.15, -0.1) is 0 Å². The van der Waals surface area contributed by atoms with E-state index in [1.165, 1.54) is 32.2 Å². The molecule has 0 heterocycles. The lowest BCUT2D eigenvalue weighted by atomic mass is 9.87. The zero-order valence-electron chi connectivity index (χ0n) is 12.6. The van der Waals surface area contributed by atoms with Gasteiger partial charge in [-0.25, -0.2) is 0 Å². The zero-order chi connectivity index (χ0) is 13.1. The van der Waals surface area contributed by atoms with E-state index in [1.807, 2.05) is 0 Å². The normalized spacial score (nSPS) is 27.2. The fourth-order valence-electron chi connectivity index (χ4n) is 2.34. The SMILES string of the molecule is CNCC1CCC(O[Si](C)(C)C(C)(C)C)CC1. The van der Waals surface area contributed by atoms with Gasteiger partial charge < -0.3 is 9.74 Å². The minimum atomic E-state index is -1.55. The standard InChI is InChI=1S/C14H31NOSi/c1-14(2,3)17(5,6)16-13-9-7-12(8-10-13)11-15-4/h12-13,15H,7-11H2,1-6H3. The predicted octanol–water partition coefficient (Wildman–Crippen LogP) is 3.79. The highest BCUT2D eigenvalue weighted by atomic mass is 28.4. The van der Waals surface area contributed by atoms with Crippen molar-refractivity contribution < 1.29 is 4.43 Å². The van der Waals surface area contributed by atoms with Crippen LogP contribution in [-0.4, -0.2) is 28.0 Å². The summed E-state index contributed by atoms with van der Waals surface area (Å²) in [5, 5.41) is 3.63. The molecule has 2 nitrogen and oxygen atoms in total. The molecule has 0 saturated heterocycles. The molecule has 0 atom stereocenters. The van der Waals surface area contributed by atoms with Crippen molar-refractivity contribution in [3.63, 3.8) is 0 Å². The van der Waals surface area contributed by atoms with Gasteiger partial charge >= 0.3 is 0 Å². The summed E-state index contributed by atoms with van der Waals surface area (Å²) in [5.74, 6) is 0.874. The minimum absolute atomic E-state index is 0.342. The summed E-state index contributed by atoms with van der Waals surface area (Å²) in [5.41, 5.74) is 0. The van der Waals surface area contributed by atoms with Gasteiger partial charge in [0.15, 0.2) is 8.32 Å². The number of nitrogens with one attached hydrogen (secondary N) is 1. The molecule has 0 bridgehead atoms. The maximum absolute atomic E-state index is 6.49. The summed E-state index contributed by atoms with van der Waals surface area (Å²) in [4.78, 5) is 0. The average Bonchev–Trinajstić information content (AvgIpc) is 2.19. The Labute approximate surface area is 109 Å². The third-order valence-electron chi connectivity index (χ3n) is 4.55. The second kappa shape index (κ2) is 5.85. The van der Waals surface area contributed by atoms with E-state index in [1.54, 1.807) is 0 Å². The highest BCUT2D eigenvalue weighted by Crippen LogP contribution is 2.39. The van der Waals surface area contributed by atoms with Crippen LogP contribution in [-0.2, 0) is 4.43 Å². The maximum Gasteiger partial charge on any atom is 0.192 e. The van der Waals surface area contributed by atoms with E-state index in [0.29, 0.717) is 11.1 Å². The molecule has 0 aromatic carbocycles. The van der Waals surface area contributed by atoms with Crippen LogP contribution in [0.2, 0.25) is 18.1 Å². The van der Waals surface area contributed by atoms with Crippen molar-refractivity contribution in [3.8, 4) is 0 Å². The molecular formula is C14H31NOSi. The molecule has 3 heteroatoms. The molecule has 1 aliphatic rings. The Morgan fingerprint density at radius 2 is 1.65 bits per heavy atom. The van der Waals surface area contributed by atoms with E-state index in [0.717, 1.165) is 5.92 Å². The van der Waals surface area contributed by atoms with Crippen LogP contribution in [0.5, 0.6) is 0 Å². The van der Waals surface area contributed by atoms with Gasteiger partial charge in [-0.2, -0.15) is 0 Å². The predicted molar refractivity (Wildman–Crippen MR) is 78.0 cm³/mol. The summed E-state index contributed by atoms with van der Waals surface area (Å²) in [6, 6.07) is 0. The quantitative estimate of drug-likeness (QED) is 0.774. The van der Waals surface area contributed by atoms with Crippen LogP contribution in [0.1, 0.15) is 46.5 Å². The Balaban J connectivity index is 2.40. The van der Waals surface area contributed by atoms with Gasteiger partial charge in [0.2, 0.25) is 0 Å². The van der Waals surface area contributed by atoms with E-state index < -0.39 is 8.32 Å². The zero-order valence-corrected chi connectivity index (χ0v) is 13.6. The first-order valence-corrected chi connectivity index (χ1v) is 9.99. The van der Waals surface area contributed by atoms with Crippen molar-refractivity contribution in [1.29, 1.82) is 0 Å². The Bertz CT molecular complexity index is 227. The molecule has 1 saturated carbocycles. The lowest BCUT2D eigenvalue weighted by Crippen LogP contribution is -2.45. The van der Waals surface area contributed by atoms with Gasteiger partial charge in [-0.3, -0.25) is 0 Å². The number of hydrogen-bond acceptors (Lipinski definition) is 2. The monoisotopic (exact) mass is 257 g/mol. The summed E-state index contributed by atoms with van der Waals surface area (Å²) < 4.78 is 6.49. The number of rotatable bonds is 4. The molecule has 0 amide bonds. The molecule has 17 heavy (non-hydrogen) atoms. The maximum atomic E-state index is 6.49. The molecule has 1 aliphatic carbocycles. The average molecular weight is 257 g/mol. The first-order chi connectivity index (χ1) is 7.76. The van der Waals surface area contributed by atoms with Gasteiger partial charge in [-0.05, 0) is 63.3 Å². The van der Waals surface area contributed by atoms with Crippen LogP contribution in [0, 0.1) is 5.92 Å². The molecule has 0 aliphatic heterocycles. The van der Waals surface area contributed by atoms with E-state index in [-0.39, 0.29) is 0 Å². The van der Waals surface area contributed by atoms with E-state index in [9.17, 15) is 0 Å². The third kappa shape index (κ3) is 4.38. The molecular weight excluding hydrogens is 226 g/mol. The van der Waals surface area contributed by atoms with Crippen LogP contribution >= 0.6 is 0 Å². The molecule has 0 unspecified atom stereocenters. The Morgan fingerprint density at radius 1 is 1.12 bits per heavy atom. The van der Waals surface area contributed by atoms with Gasteiger partial charge in [-0.1, -0.05) is 20.8 Å². The summed E-state index contributed by atoms with van der Waals surface area (Å²) in [6.45, 7) is 12.9. The lowest BCUT2D eigenvalue weighted by Gasteiger charge is -2.41. The van der Waals surface area contributed by atoms with Crippen molar-refractivity contribution in [2.24, 2.45) is 5.92 Å². The molecule has 0 aromatic heterocycles. The van der Waals surface area contributed by atoms with E-state index >= 15 is 0 Å². The van der Waals surface area contributed by atoms with Crippen LogP contribution in [0.25, 0.3) is 0 Å². The third-order valence-corrected chi connectivity index (χ3v) is 9.09. The molecule has 102 valence electrons. The minimum Gasteiger partial charge on any atom is -0.414 e. The first kappa shape index (κ1) is 15.2. The fraction of sp³-hybridized carbons (Fsp3) is 1.00. The Hall–Kier alpha value is 0.137. The van der Waals surface area contributed by atoms with Crippen LogP contribution in [0.3, 0.4) is 0 Å². The second-order valence-corrected chi connectivity index (χ2v) is 11.8. The van der Waals surface area contributed by atoms with Gasteiger partial charge in [0.05, 0.1) is 0 Å². The highest BCUT2D eigenvalue weighted by molar-refractivity contribution is 6.74. The van der Waals surface area contributed by atoms with Gasteiger partial charge in [0.25, 0.3) is 0 Å². The fourth-order valence-corrected chi connectivity index (χ4v) is 3.76. The topological polar surface area (TPSA) is 21.3 Å². The van der Waals surface area contributed by atoms with Crippen molar-refractivity contribution in [3.05, 3.63) is 0 Å². The van der Waals surface area contributed by atoms with Crippen LogP contribution in [0.15, 0.2) is 0 Å². The first-order valence-electron chi connectivity index (χ1n) is 7.08. The summed E-state index contributed by atoms with van der Waals surface area (Å²) in [6.07, 6.45) is 5.72. The summed E-state index contributed by atoms with van der Waals surface area (Å²) in [7, 11) is 0.505. The van der Waals surface area contributed by atoms with Crippen molar-refractivity contribution in [1.82, 2.24) is 5.32 Å². The molecule has 0 spiro atoms. The van der Waals surface area contributed by atoms with Crippen molar-refractivity contribution in [2.45, 2.75) is 70.7 Å². The largest absolute Gasteiger partial charge is 0.414 e. The van der Waals surface area contributed by atoms with Crippen LogP contribution < -0.4 is 5.32 Å². The van der Waals surface area contributed by atoms with Crippen LogP contribution in [0.4, 0.5) is 0 Å². The van der Waals surface area contributed by atoms with Gasteiger partial charge in [0, 0.05) is 6.10 Å². The molecule has 1 rings (SSSR count). The lowest BCUT2D eigenvalue weighted by molar-refractivity contribution is 0.116. The highest BCUT2D eigenvalue weighted by Gasteiger charge is 2.39.